The molecule has 1 amide bonds. The third kappa shape index (κ3) is 6.83. The summed E-state index contributed by atoms with van der Waals surface area (Å²) >= 11 is 0. The van der Waals surface area contributed by atoms with Gasteiger partial charge in [0.25, 0.3) is 0 Å². The average molecular weight is 393 g/mol. The SMILES string of the molecule is CCN(CCNC(=NC)Nc1ccc2c(c1)OCCCO2)C(=O)OC(C)(C)C. The number of carbonyl (C=O) groups excluding carboxylic acids is 1. The van der Waals surface area contributed by atoms with Gasteiger partial charge >= 0.3 is 6.09 Å². The molecule has 1 aliphatic rings. The van der Waals surface area contributed by atoms with Crippen LogP contribution >= 0.6 is 0 Å². The van der Waals surface area contributed by atoms with Crippen molar-refractivity contribution in [3.05, 3.63) is 18.2 Å². The molecular formula is C20H32N4O4. The van der Waals surface area contributed by atoms with Gasteiger partial charge in [-0.3, -0.25) is 4.99 Å². The van der Waals surface area contributed by atoms with Crippen molar-refractivity contribution in [2.45, 2.75) is 39.7 Å². The first-order valence-electron chi connectivity index (χ1n) is 9.67. The number of fused-ring (bicyclic) bond motifs is 1. The van der Waals surface area contributed by atoms with Crippen LogP contribution in [-0.4, -0.2) is 62.4 Å². The van der Waals surface area contributed by atoms with Crippen LogP contribution in [0, 0.1) is 0 Å². The van der Waals surface area contributed by atoms with E-state index in [4.69, 9.17) is 14.2 Å². The van der Waals surface area contributed by atoms with Crippen LogP contribution in [0.4, 0.5) is 10.5 Å². The van der Waals surface area contributed by atoms with Crippen LogP contribution in [0.15, 0.2) is 23.2 Å². The van der Waals surface area contributed by atoms with Crippen LogP contribution in [0.25, 0.3) is 0 Å². The lowest BCUT2D eigenvalue weighted by atomic mass is 10.2. The zero-order valence-corrected chi connectivity index (χ0v) is 17.5. The molecule has 2 N–H and O–H groups in total. The number of carbonyl (C=O) groups is 1. The van der Waals surface area contributed by atoms with Crippen molar-refractivity contribution in [2.75, 3.05) is 45.2 Å². The van der Waals surface area contributed by atoms with E-state index in [0.29, 0.717) is 38.8 Å². The first kappa shape index (κ1) is 21.7. The molecule has 1 aromatic carbocycles. The highest BCUT2D eigenvalue weighted by molar-refractivity contribution is 5.93. The third-order valence-corrected chi connectivity index (χ3v) is 3.94. The lowest BCUT2D eigenvalue weighted by Crippen LogP contribution is -2.42. The molecule has 0 radical (unpaired) electrons. The van der Waals surface area contributed by atoms with E-state index in [1.165, 1.54) is 0 Å². The number of nitrogens with one attached hydrogen (secondary N) is 2. The summed E-state index contributed by atoms with van der Waals surface area (Å²) in [5, 5.41) is 6.44. The summed E-state index contributed by atoms with van der Waals surface area (Å²) < 4.78 is 16.8. The molecule has 0 bridgehead atoms. The van der Waals surface area contributed by atoms with Crippen LogP contribution in [0.5, 0.6) is 11.5 Å². The fraction of sp³-hybridized carbons (Fsp3) is 0.600. The van der Waals surface area contributed by atoms with Gasteiger partial charge in [-0.05, 0) is 39.8 Å². The number of anilines is 1. The number of benzene rings is 1. The van der Waals surface area contributed by atoms with Crippen molar-refractivity contribution in [2.24, 2.45) is 4.99 Å². The van der Waals surface area contributed by atoms with Gasteiger partial charge in [0.1, 0.15) is 5.60 Å². The largest absolute Gasteiger partial charge is 0.490 e. The summed E-state index contributed by atoms with van der Waals surface area (Å²) in [7, 11) is 1.70. The topological polar surface area (TPSA) is 84.4 Å². The van der Waals surface area contributed by atoms with E-state index in [2.05, 4.69) is 15.6 Å². The van der Waals surface area contributed by atoms with E-state index in [-0.39, 0.29) is 6.09 Å². The molecule has 0 aromatic heterocycles. The molecule has 1 aliphatic heterocycles. The van der Waals surface area contributed by atoms with Crippen molar-refractivity contribution in [1.29, 1.82) is 0 Å². The maximum absolute atomic E-state index is 12.2. The molecule has 0 saturated carbocycles. The standard InChI is InChI=1S/C20H32N4O4/c1-6-24(19(25)28-20(2,3)4)11-10-22-18(21-5)23-15-8-9-16-17(14-15)27-13-7-12-26-16/h8-9,14H,6-7,10-13H2,1-5H3,(H2,21,22,23). The van der Waals surface area contributed by atoms with Crippen LogP contribution in [0.2, 0.25) is 0 Å². The van der Waals surface area contributed by atoms with Gasteiger partial charge in [-0.25, -0.2) is 4.79 Å². The second kappa shape index (κ2) is 10.1. The molecule has 0 spiro atoms. The van der Waals surface area contributed by atoms with Crippen LogP contribution in [-0.2, 0) is 4.74 Å². The molecule has 156 valence electrons. The van der Waals surface area contributed by atoms with Crippen molar-refractivity contribution in [3.8, 4) is 11.5 Å². The minimum atomic E-state index is -0.507. The molecule has 0 aliphatic carbocycles. The summed E-state index contributed by atoms with van der Waals surface area (Å²) in [6, 6.07) is 5.70. The number of aliphatic imine (C=N–C) groups is 1. The van der Waals surface area contributed by atoms with Crippen molar-refractivity contribution in [3.63, 3.8) is 0 Å². The first-order chi connectivity index (χ1) is 13.3. The van der Waals surface area contributed by atoms with E-state index in [1.807, 2.05) is 45.9 Å². The molecule has 0 unspecified atom stereocenters. The normalized spacial score (nSPS) is 14.1. The fourth-order valence-electron chi connectivity index (χ4n) is 2.57. The van der Waals surface area contributed by atoms with Gasteiger partial charge in [-0.15, -0.1) is 0 Å². The molecule has 0 saturated heterocycles. The van der Waals surface area contributed by atoms with E-state index in [1.54, 1.807) is 11.9 Å². The molecule has 0 fully saturated rings. The van der Waals surface area contributed by atoms with E-state index < -0.39 is 5.60 Å². The number of nitrogens with zero attached hydrogens (tertiary/aromatic N) is 2. The van der Waals surface area contributed by atoms with Gasteiger partial charge in [-0.1, -0.05) is 0 Å². The van der Waals surface area contributed by atoms with Gasteiger partial charge in [-0.2, -0.15) is 0 Å². The van der Waals surface area contributed by atoms with Crippen molar-refractivity contribution in [1.82, 2.24) is 10.2 Å². The maximum Gasteiger partial charge on any atom is 0.410 e. The summed E-state index contributed by atoms with van der Waals surface area (Å²) in [6.07, 6.45) is 0.550. The number of hydrogen-bond acceptors (Lipinski definition) is 5. The molecule has 8 heteroatoms. The summed E-state index contributed by atoms with van der Waals surface area (Å²) in [6.45, 7) is 10.4. The second-order valence-electron chi connectivity index (χ2n) is 7.40. The Morgan fingerprint density at radius 1 is 1.25 bits per heavy atom. The number of hydrogen-bond donors (Lipinski definition) is 2. The smallest absolute Gasteiger partial charge is 0.410 e. The Bertz CT molecular complexity index is 685. The van der Waals surface area contributed by atoms with E-state index in [9.17, 15) is 4.79 Å². The molecule has 1 heterocycles. The predicted octanol–water partition coefficient (Wildman–Crippen LogP) is 3.09. The number of rotatable bonds is 5. The molecule has 0 atom stereocenters. The quantitative estimate of drug-likeness (QED) is 0.592. The second-order valence-corrected chi connectivity index (χ2v) is 7.40. The molecule has 2 rings (SSSR count). The molecule has 28 heavy (non-hydrogen) atoms. The van der Waals surface area contributed by atoms with Gasteiger partial charge < -0.3 is 29.7 Å². The van der Waals surface area contributed by atoms with Crippen LogP contribution in [0.3, 0.4) is 0 Å². The average Bonchev–Trinajstić information content (AvgIpc) is 2.87. The van der Waals surface area contributed by atoms with E-state index in [0.717, 1.165) is 23.6 Å². The Kier molecular flexibility index (Phi) is 7.78. The lowest BCUT2D eigenvalue weighted by Gasteiger charge is -2.26. The fourth-order valence-corrected chi connectivity index (χ4v) is 2.57. The summed E-state index contributed by atoms with van der Waals surface area (Å²) in [4.78, 5) is 18.1. The third-order valence-electron chi connectivity index (χ3n) is 3.94. The molecule has 8 nitrogen and oxygen atoms in total. The van der Waals surface area contributed by atoms with E-state index >= 15 is 0 Å². The van der Waals surface area contributed by atoms with Gasteiger partial charge in [0.2, 0.25) is 0 Å². The highest BCUT2D eigenvalue weighted by Gasteiger charge is 2.20. The van der Waals surface area contributed by atoms with Crippen molar-refractivity contribution < 1.29 is 19.0 Å². The molecule has 1 aromatic rings. The highest BCUT2D eigenvalue weighted by atomic mass is 16.6. The zero-order chi connectivity index (χ0) is 20.6. The van der Waals surface area contributed by atoms with Crippen molar-refractivity contribution >= 4 is 17.7 Å². The highest BCUT2D eigenvalue weighted by Crippen LogP contribution is 2.32. The predicted molar refractivity (Wildman–Crippen MR) is 111 cm³/mol. The maximum atomic E-state index is 12.2. The Hall–Kier alpha value is -2.64. The van der Waals surface area contributed by atoms with Gasteiger partial charge in [0.15, 0.2) is 17.5 Å². The van der Waals surface area contributed by atoms with Crippen LogP contribution < -0.4 is 20.1 Å². The lowest BCUT2D eigenvalue weighted by molar-refractivity contribution is 0.0264. The zero-order valence-electron chi connectivity index (χ0n) is 17.5. The monoisotopic (exact) mass is 392 g/mol. The molecular weight excluding hydrogens is 360 g/mol. The Balaban J connectivity index is 1.87. The summed E-state index contributed by atoms with van der Waals surface area (Å²) in [5.74, 6) is 2.08. The number of guanidine groups is 1. The minimum Gasteiger partial charge on any atom is -0.490 e. The minimum absolute atomic E-state index is 0.317. The Morgan fingerprint density at radius 2 is 1.96 bits per heavy atom. The Labute approximate surface area is 167 Å². The van der Waals surface area contributed by atoms with Gasteiger partial charge in [0, 0.05) is 44.9 Å². The van der Waals surface area contributed by atoms with Crippen LogP contribution in [0.1, 0.15) is 34.1 Å². The number of ether oxygens (including phenoxy) is 3. The van der Waals surface area contributed by atoms with Gasteiger partial charge in [0.05, 0.1) is 13.2 Å². The summed E-state index contributed by atoms with van der Waals surface area (Å²) in [5.41, 5.74) is 0.337. The Morgan fingerprint density at radius 3 is 2.61 bits per heavy atom. The first-order valence-corrected chi connectivity index (χ1v) is 9.67. The number of amides is 1. The number of likely N-dealkylation sites (N-methyl/N-ethyl adjacent to an activating group) is 1.